The maximum absolute atomic E-state index is 12.4. The van der Waals surface area contributed by atoms with Gasteiger partial charge in [0.25, 0.3) is 5.91 Å². The minimum atomic E-state index is -0.247. The van der Waals surface area contributed by atoms with E-state index in [0.717, 1.165) is 28.3 Å². The molecule has 1 amide bonds. The van der Waals surface area contributed by atoms with Crippen LogP contribution in [0.4, 0.5) is 11.4 Å². The average Bonchev–Trinajstić information content (AvgIpc) is 3.17. The Bertz CT molecular complexity index is 1020. The molecular formula is C21H18ClN3O3. The largest absolute Gasteiger partial charge is 0.454 e. The van der Waals surface area contributed by atoms with E-state index in [0.29, 0.717) is 23.0 Å². The summed E-state index contributed by atoms with van der Waals surface area (Å²) < 4.78 is 10.6. The highest BCUT2D eigenvalue weighted by atomic mass is 35.5. The van der Waals surface area contributed by atoms with Gasteiger partial charge >= 0.3 is 0 Å². The van der Waals surface area contributed by atoms with Gasteiger partial charge in [-0.3, -0.25) is 4.79 Å². The van der Waals surface area contributed by atoms with E-state index in [2.05, 4.69) is 15.6 Å². The van der Waals surface area contributed by atoms with Crippen molar-refractivity contribution in [2.24, 2.45) is 0 Å². The van der Waals surface area contributed by atoms with Crippen LogP contribution >= 0.6 is 11.6 Å². The van der Waals surface area contributed by atoms with E-state index in [4.69, 9.17) is 21.1 Å². The van der Waals surface area contributed by atoms with E-state index in [1.54, 1.807) is 12.3 Å². The van der Waals surface area contributed by atoms with E-state index in [1.807, 2.05) is 49.4 Å². The fourth-order valence-electron chi connectivity index (χ4n) is 2.81. The molecule has 28 heavy (non-hydrogen) atoms. The monoisotopic (exact) mass is 395 g/mol. The summed E-state index contributed by atoms with van der Waals surface area (Å²) in [6.07, 6.45) is 1.62. The maximum atomic E-state index is 12.4. The summed E-state index contributed by atoms with van der Waals surface area (Å²) in [4.78, 5) is 16.6. The van der Waals surface area contributed by atoms with Crippen molar-refractivity contribution in [2.45, 2.75) is 13.5 Å². The van der Waals surface area contributed by atoms with Crippen LogP contribution in [0, 0.1) is 6.92 Å². The predicted molar refractivity (Wildman–Crippen MR) is 107 cm³/mol. The van der Waals surface area contributed by atoms with Crippen molar-refractivity contribution < 1.29 is 14.3 Å². The van der Waals surface area contributed by atoms with Crippen LogP contribution in [0.15, 0.2) is 54.7 Å². The van der Waals surface area contributed by atoms with Gasteiger partial charge in [-0.25, -0.2) is 4.98 Å². The zero-order chi connectivity index (χ0) is 19.5. The summed E-state index contributed by atoms with van der Waals surface area (Å²) in [6.45, 7) is 2.59. The predicted octanol–water partition coefficient (Wildman–Crippen LogP) is 4.45. The molecule has 2 aromatic carbocycles. The summed E-state index contributed by atoms with van der Waals surface area (Å²) >= 11 is 6.04. The van der Waals surface area contributed by atoms with Crippen LogP contribution in [0.2, 0.25) is 5.02 Å². The molecule has 6 nitrogen and oxygen atoms in total. The van der Waals surface area contributed by atoms with Crippen molar-refractivity contribution >= 4 is 28.9 Å². The van der Waals surface area contributed by atoms with Crippen LogP contribution in [0.1, 0.15) is 21.6 Å². The number of carbonyl (C=O) groups excluding carboxylic acids is 1. The first-order chi connectivity index (χ1) is 13.6. The molecule has 2 heterocycles. The number of aromatic nitrogens is 1. The molecule has 0 bridgehead atoms. The summed E-state index contributed by atoms with van der Waals surface area (Å²) in [5.74, 6) is 1.16. The third-order valence-corrected chi connectivity index (χ3v) is 4.60. The number of anilines is 2. The van der Waals surface area contributed by atoms with Gasteiger partial charge < -0.3 is 20.1 Å². The van der Waals surface area contributed by atoms with E-state index in [9.17, 15) is 4.79 Å². The van der Waals surface area contributed by atoms with Crippen molar-refractivity contribution in [3.05, 3.63) is 76.6 Å². The number of hydrogen-bond donors (Lipinski definition) is 2. The SMILES string of the molecule is Cc1ccc(Cl)cc1Nc1ccc(C(=O)NCc2ccc3c(c2)OCO3)nc1. The lowest BCUT2D eigenvalue weighted by Crippen LogP contribution is -2.23. The molecule has 0 spiro atoms. The first-order valence-electron chi connectivity index (χ1n) is 8.74. The lowest BCUT2D eigenvalue weighted by Gasteiger charge is -2.10. The van der Waals surface area contributed by atoms with Crippen molar-refractivity contribution in [1.29, 1.82) is 0 Å². The summed E-state index contributed by atoms with van der Waals surface area (Å²) in [7, 11) is 0. The molecule has 4 rings (SSSR count). The molecular weight excluding hydrogens is 378 g/mol. The molecule has 0 saturated heterocycles. The highest BCUT2D eigenvalue weighted by Gasteiger charge is 2.14. The van der Waals surface area contributed by atoms with Crippen molar-refractivity contribution in [2.75, 3.05) is 12.1 Å². The third kappa shape index (κ3) is 4.02. The number of fused-ring (bicyclic) bond motifs is 1. The summed E-state index contributed by atoms with van der Waals surface area (Å²) in [5, 5.41) is 6.77. The number of benzene rings is 2. The molecule has 0 radical (unpaired) electrons. The fourth-order valence-corrected chi connectivity index (χ4v) is 2.98. The highest BCUT2D eigenvalue weighted by molar-refractivity contribution is 6.30. The second-order valence-electron chi connectivity index (χ2n) is 6.39. The number of aryl methyl sites for hydroxylation is 1. The molecule has 7 heteroatoms. The van der Waals surface area contributed by atoms with Crippen LogP contribution < -0.4 is 20.1 Å². The quantitative estimate of drug-likeness (QED) is 0.668. The second-order valence-corrected chi connectivity index (χ2v) is 6.82. The number of amides is 1. The van der Waals surface area contributed by atoms with Gasteiger partial charge in [-0.15, -0.1) is 0 Å². The molecule has 0 unspecified atom stereocenters. The van der Waals surface area contributed by atoms with Crippen LogP contribution in [-0.2, 0) is 6.54 Å². The second kappa shape index (κ2) is 7.78. The highest BCUT2D eigenvalue weighted by Crippen LogP contribution is 2.32. The normalized spacial score (nSPS) is 11.9. The Morgan fingerprint density at radius 3 is 2.79 bits per heavy atom. The van der Waals surface area contributed by atoms with Gasteiger partial charge in [-0.05, 0) is 54.4 Å². The Balaban J connectivity index is 1.38. The number of hydrogen-bond acceptors (Lipinski definition) is 5. The molecule has 1 aromatic heterocycles. The van der Waals surface area contributed by atoms with Gasteiger partial charge in [-0.1, -0.05) is 23.7 Å². The van der Waals surface area contributed by atoms with Crippen LogP contribution in [-0.4, -0.2) is 17.7 Å². The third-order valence-electron chi connectivity index (χ3n) is 4.36. The molecule has 0 fully saturated rings. The molecule has 0 saturated carbocycles. The molecule has 1 aliphatic heterocycles. The number of halogens is 1. The number of nitrogens with one attached hydrogen (secondary N) is 2. The Hall–Kier alpha value is -3.25. The lowest BCUT2D eigenvalue weighted by molar-refractivity contribution is 0.0946. The Morgan fingerprint density at radius 2 is 1.96 bits per heavy atom. The number of pyridine rings is 1. The van der Waals surface area contributed by atoms with Gasteiger partial charge in [0.05, 0.1) is 11.9 Å². The average molecular weight is 396 g/mol. The topological polar surface area (TPSA) is 72.5 Å². The van der Waals surface area contributed by atoms with Gasteiger partial charge in [0.15, 0.2) is 11.5 Å². The maximum Gasteiger partial charge on any atom is 0.270 e. The van der Waals surface area contributed by atoms with E-state index < -0.39 is 0 Å². The van der Waals surface area contributed by atoms with Crippen molar-refractivity contribution in [1.82, 2.24) is 10.3 Å². The van der Waals surface area contributed by atoms with Crippen LogP contribution in [0.5, 0.6) is 11.5 Å². The summed E-state index contributed by atoms with van der Waals surface area (Å²) in [5.41, 5.74) is 4.00. The fraction of sp³-hybridized carbons (Fsp3) is 0.143. The zero-order valence-electron chi connectivity index (χ0n) is 15.2. The van der Waals surface area contributed by atoms with E-state index in [1.165, 1.54) is 0 Å². The Labute approximate surface area is 167 Å². The zero-order valence-corrected chi connectivity index (χ0v) is 15.9. The Morgan fingerprint density at radius 1 is 1.11 bits per heavy atom. The number of carbonyl (C=O) groups is 1. The number of ether oxygens (including phenoxy) is 2. The minimum absolute atomic E-state index is 0.226. The smallest absolute Gasteiger partial charge is 0.270 e. The van der Waals surface area contributed by atoms with Gasteiger partial charge in [0, 0.05) is 17.3 Å². The minimum Gasteiger partial charge on any atom is -0.454 e. The van der Waals surface area contributed by atoms with Gasteiger partial charge in [-0.2, -0.15) is 0 Å². The molecule has 1 aliphatic rings. The standard InChI is InChI=1S/C21H18ClN3O3/c1-13-2-4-15(22)9-18(13)25-16-5-6-17(23-11-16)21(26)24-10-14-3-7-19-20(8-14)28-12-27-19/h2-9,11,25H,10,12H2,1H3,(H,24,26). The van der Waals surface area contributed by atoms with Crippen molar-refractivity contribution in [3.63, 3.8) is 0 Å². The number of nitrogens with zero attached hydrogens (tertiary/aromatic N) is 1. The first kappa shape index (κ1) is 18.1. The van der Waals surface area contributed by atoms with Crippen LogP contribution in [0.25, 0.3) is 0 Å². The van der Waals surface area contributed by atoms with Crippen LogP contribution in [0.3, 0.4) is 0 Å². The molecule has 2 N–H and O–H groups in total. The lowest BCUT2D eigenvalue weighted by atomic mass is 10.2. The molecule has 0 atom stereocenters. The molecule has 142 valence electrons. The molecule has 3 aromatic rings. The van der Waals surface area contributed by atoms with Gasteiger partial charge in [0.1, 0.15) is 5.69 Å². The summed E-state index contributed by atoms with van der Waals surface area (Å²) in [6, 6.07) is 14.7. The van der Waals surface area contributed by atoms with Gasteiger partial charge in [0.2, 0.25) is 6.79 Å². The van der Waals surface area contributed by atoms with E-state index >= 15 is 0 Å². The van der Waals surface area contributed by atoms with Crippen molar-refractivity contribution in [3.8, 4) is 11.5 Å². The Kier molecular flexibility index (Phi) is 5.04. The number of rotatable bonds is 5. The first-order valence-corrected chi connectivity index (χ1v) is 9.12. The van der Waals surface area contributed by atoms with E-state index in [-0.39, 0.29) is 12.7 Å². The molecule has 0 aliphatic carbocycles.